The van der Waals surface area contributed by atoms with Crippen LogP contribution in [0.5, 0.6) is 0 Å². The average Bonchev–Trinajstić information content (AvgIpc) is 2.38. The molecule has 0 N–H and O–H groups in total. The molecule has 2 heteroatoms. The van der Waals surface area contributed by atoms with Crippen LogP contribution in [0.15, 0.2) is 24.5 Å². The monoisotopic (exact) mass is 267 g/mol. The van der Waals surface area contributed by atoms with Crippen LogP contribution in [0.25, 0.3) is 0 Å². The molecule has 0 saturated carbocycles. The number of nitrogens with zero attached hydrogens (tertiary/aromatic N) is 1. The Kier molecular flexibility index (Phi) is 11.8. The summed E-state index contributed by atoms with van der Waals surface area (Å²) < 4.78 is 5.61. The molecule has 0 rings (SSSR count). The predicted octanol–water partition coefficient (Wildman–Crippen LogP) is 4.78. The van der Waals surface area contributed by atoms with Crippen molar-refractivity contribution in [3.8, 4) is 0 Å². The zero-order chi connectivity index (χ0) is 14.5. The minimum Gasteiger partial charge on any atom is -0.493 e. The van der Waals surface area contributed by atoms with E-state index in [1.165, 1.54) is 51.6 Å². The van der Waals surface area contributed by atoms with Gasteiger partial charge < -0.3 is 4.74 Å². The Balaban J connectivity index is 3.88. The highest BCUT2D eigenvalue weighted by atomic mass is 16.5. The molecule has 0 fully saturated rings. The van der Waals surface area contributed by atoms with Crippen molar-refractivity contribution in [2.45, 2.75) is 59.3 Å². The van der Waals surface area contributed by atoms with Crippen LogP contribution in [0, 0.1) is 0 Å². The Morgan fingerprint density at radius 1 is 0.895 bits per heavy atom. The number of rotatable bonds is 13. The lowest BCUT2D eigenvalue weighted by atomic mass is 10.2. The lowest BCUT2D eigenvalue weighted by Gasteiger charge is -2.22. The fraction of sp³-hybridized carbons (Fsp3) is 0.765. The van der Waals surface area contributed by atoms with E-state index < -0.39 is 0 Å². The highest BCUT2D eigenvalue weighted by molar-refractivity contribution is 5.15. The van der Waals surface area contributed by atoms with Crippen LogP contribution in [0.1, 0.15) is 59.3 Å². The molecule has 0 atom stereocenters. The predicted molar refractivity (Wildman–Crippen MR) is 85.4 cm³/mol. The standard InChI is InChI=1S/C17H33NO/c1-6-8-10-12-18(13-11-9-7-2)14-15-19-17(5)16(3)4/h3,5-15H2,1-2,4H3. The van der Waals surface area contributed by atoms with Gasteiger partial charge in [-0.2, -0.15) is 0 Å². The third-order valence-electron chi connectivity index (χ3n) is 3.32. The Hall–Kier alpha value is -0.760. The lowest BCUT2D eigenvalue weighted by molar-refractivity contribution is 0.159. The first-order chi connectivity index (χ1) is 9.11. The second-order valence-corrected chi connectivity index (χ2v) is 5.31. The van der Waals surface area contributed by atoms with Crippen molar-refractivity contribution in [2.24, 2.45) is 0 Å². The van der Waals surface area contributed by atoms with Crippen LogP contribution < -0.4 is 0 Å². The van der Waals surface area contributed by atoms with Crippen molar-refractivity contribution < 1.29 is 4.74 Å². The molecule has 0 aliphatic heterocycles. The Morgan fingerprint density at radius 3 is 1.84 bits per heavy atom. The highest BCUT2D eigenvalue weighted by Crippen LogP contribution is 2.06. The molecule has 0 aliphatic rings. The maximum absolute atomic E-state index is 5.61. The lowest BCUT2D eigenvalue weighted by Crippen LogP contribution is -2.29. The van der Waals surface area contributed by atoms with Crippen LogP contribution >= 0.6 is 0 Å². The smallest absolute Gasteiger partial charge is 0.114 e. The maximum Gasteiger partial charge on any atom is 0.114 e. The number of hydrogen-bond donors (Lipinski definition) is 0. The van der Waals surface area contributed by atoms with E-state index in [0.717, 1.165) is 24.5 Å². The number of allylic oxidation sites excluding steroid dienone is 1. The van der Waals surface area contributed by atoms with Gasteiger partial charge in [-0.15, -0.1) is 0 Å². The minimum absolute atomic E-state index is 0.724. The van der Waals surface area contributed by atoms with Gasteiger partial charge in [0.25, 0.3) is 0 Å². The fourth-order valence-corrected chi connectivity index (χ4v) is 1.93. The quantitative estimate of drug-likeness (QED) is 0.271. The van der Waals surface area contributed by atoms with Gasteiger partial charge in [0.15, 0.2) is 0 Å². The van der Waals surface area contributed by atoms with Crippen LogP contribution in [0.3, 0.4) is 0 Å². The molecule has 0 aromatic rings. The van der Waals surface area contributed by atoms with Gasteiger partial charge in [-0.3, -0.25) is 4.90 Å². The van der Waals surface area contributed by atoms with E-state index in [4.69, 9.17) is 4.74 Å². The highest BCUT2D eigenvalue weighted by Gasteiger charge is 2.05. The van der Waals surface area contributed by atoms with Crippen molar-refractivity contribution in [1.82, 2.24) is 4.90 Å². The van der Waals surface area contributed by atoms with E-state index in [-0.39, 0.29) is 0 Å². The molecule has 0 aliphatic carbocycles. The van der Waals surface area contributed by atoms with Gasteiger partial charge in [0, 0.05) is 6.54 Å². The normalized spacial score (nSPS) is 10.7. The van der Waals surface area contributed by atoms with E-state index in [2.05, 4.69) is 31.9 Å². The third-order valence-corrected chi connectivity index (χ3v) is 3.32. The van der Waals surface area contributed by atoms with E-state index in [1.807, 2.05) is 6.92 Å². The molecule has 0 spiro atoms. The molecule has 0 saturated heterocycles. The molecular formula is C17H33NO. The van der Waals surface area contributed by atoms with Gasteiger partial charge in [0.2, 0.25) is 0 Å². The summed E-state index contributed by atoms with van der Waals surface area (Å²) in [6.45, 7) is 18.2. The molecule has 0 unspecified atom stereocenters. The summed E-state index contributed by atoms with van der Waals surface area (Å²) in [5.74, 6) is 0.724. The van der Waals surface area contributed by atoms with Crippen molar-refractivity contribution >= 4 is 0 Å². The zero-order valence-corrected chi connectivity index (χ0v) is 13.3. The molecule has 0 amide bonds. The van der Waals surface area contributed by atoms with Crippen molar-refractivity contribution in [3.63, 3.8) is 0 Å². The van der Waals surface area contributed by atoms with Crippen LogP contribution in [0.2, 0.25) is 0 Å². The summed E-state index contributed by atoms with van der Waals surface area (Å²) in [6.07, 6.45) is 7.80. The van der Waals surface area contributed by atoms with Gasteiger partial charge in [-0.05, 0) is 38.4 Å². The topological polar surface area (TPSA) is 12.5 Å². The van der Waals surface area contributed by atoms with Crippen LogP contribution in [-0.2, 0) is 4.74 Å². The van der Waals surface area contributed by atoms with Crippen LogP contribution in [0.4, 0.5) is 0 Å². The summed E-state index contributed by atoms with van der Waals surface area (Å²) in [5.41, 5.74) is 0.920. The molecule has 0 radical (unpaired) electrons. The minimum atomic E-state index is 0.724. The SMILES string of the molecule is C=C(C)C(=C)OCCN(CCCCC)CCCCC. The maximum atomic E-state index is 5.61. The van der Waals surface area contributed by atoms with Crippen molar-refractivity contribution in [1.29, 1.82) is 0 Å². The molecule has 0 bridgehead atoms. The Bertz CT molecular complexity index is 238. The summed E-state index contributed by atoms with van der Waals surface area (Å²) in [5, 5.41) is 0. The number of hydrogen-bond acceptors (Lipinski definition) is 2. The Morgan fingerprint density at radius 2 is 1.42 bits per heavy atom. The molecule has 0 heterocycles. The zero-order valence-electron chi connectivity index (χ0n) is 13.3. The first-order valence-corrected chi connectivity index (χ1v) is 7.81. The van der Waals surface area contributed by atoms with E-state index in [1.54, 1.807) is 0 Å². The van der Waals surface area contributed by atoms with Crippen molar-refractivity contribution in [3.05, 3.63) is 24.5 Å². The molecule has 0 aromatic heterocycles. The summed E-state index contributed by atoms with van der Waals surface area (Å²) >= 11 is 0. The van der Waals surface area contributed by atoms with Gasteiger partial charge in [-0.25, -0.2) is 0 Å². The van der Waals surface area contributed by atoms with Crippen LogP contribution in [-0.4, -0.2) is 31.1 Å². The van der Waals surface area contributed by atoms with Gasteiger partial charge >= 0.3 is 0 Å². The second-order valence-electron chi connectivity index (χ2n) is 5.31. The summed E-state index contributed by atoms with van der Waals surface area (Å²) in [6, 6.07) is 0. The van der Waals surface area contributed by atoms with E-state index in [0.29, 0.717) is 0 Å². The Labute approximate surface area is 120 Å². The van der Waals surface area contributed by atoms with Crippen molar-refractivity contribution in [2.75, 3.05) is 26.2 Å². The molecule has 2 nitrogen and oxygen atoms in total. The van der Waals surface area contributed by atoms with Gasteiger partial charge in [0.05, 0.1) is 0 Å². The second kappa shape index (κ2) is 12.3. The molecule has 112 valence electrons. The summed E-state index contributed by atoms with van der Waals surface area (Å²) in [4.78, 5) is 2.52. The number of unbranched alkanes of at least 4 members (excludes halogenated alkanes) is 4. The first-order valence-electron chi connectivity index (χ1n) is 7.81. The summed E-state index contributed by atoms with van der Waals surface area (Å²) in [7, 11) is 0. The molecule has 0 aromatic carbocycles. The van der Waals surface area contributed by atoms with Gasteiger partial charge in [0.1, 0.15) is 12.4 Å². The third kappa shape index (κ3) is 10.8. The van der Waals surface area contributed by atoms with E-state index >= 15 is 0 Å². The average molecular weight is 267 g/mol. The first kappa shape index (κ1) is 18.2. The van der Waals surface area contributed by atoms with E-state index in [9.17, 15) is 0 Å². The van der Waals surface area contributed by atoms with Gasteiger partial charge in [-0.1, -0.05) is 52.7 Å². The fourth-order valence-electron chi connectivity index (χ4n) is 1.93. The largest absolute Gasteiger partial charge is 0.493 e. The molecular weight excluding hydrogens is 234 g/mol. The number of ether oxygens (including phenoxy) is 1. The molecule has 19 heavy (non-hydrogen) atoms.